The van der Waals surface area contributed by atoms with Gasteiger partial charge in [-0.25, -0.2) is 13.4 Å². The molecule has 3 heterocycles. The molecule has 0 aliphatic heterocycles. The van der Waals surface area contributed by atoms with Gasteiger partial charge in [-0.3, -0.25) is 9.50 Å². The Bertz CT molecular complexity index is 868. The molecule has 0 saturated carbocycles. The van der Waals surface area contributed by atoms with Crippen LogP contribution in [0.2, 0.25) is 0 Å². The fourth-order valence-corrected chi connectivity index (χ4v) is 3.43. The second kappa shape index (κ2) is 4.86. The van der Waals surface area contributed by atoms with Crippen LogP contribution in [0.5, 0.6) is 0 Å². The number of nitrogens with two attached hydrogens (primary N) is 1. The van der Waals surface area contributed by atoms with Gasteiger partial charge >= 0.3 is 0 Å². The molecule has 0 spiro atoms. The van der Waals surface area contributed by atoms with Crippen LogP contribution >= 0.6 is 0 Å². The first-order valence-electron chi connectivity index (χ1n) is 6.16. The smallest absolute Gasteiger partial charge is 0.262 e. The Morgan fingerprint density at radius 2 is 2.24 bits per heavy atom. The van der Waals surface area contributed by atoms with Crippen molar-refractivity contribution in [2.75, 3.05) is 12.8 Å². The van der Waals surface area contributed by atoms with Crippen LogP contribution in [-0.2, 0) is 16.6 Å². The Morgan fingerprint density at radius 1 is 1.43 bits per heavy atom. The lowest BCUT2D eigenvalue weighted by atomic mass is 10.4. The number of nitrogens with one attached hydrogen (secondary N) is 1. The van der Waals surface area contributed by atoms with Crippen molar-refractivity contribution in [3.05, 3.63) is 42.4 Å². The lowest BCUT2D eigenvalue weighted by Crippen LogP contribution is -2.28. The molecule has 0 amide bonds. The highest BCUT2D eigenvalue weighted by Crippen LogP contribution is 2.23. The number of H-pyrrole nitrogens is 1. The molecule has 110 valence electrons. The van der Waals surface area contributed by atoms with E-state index in [0.29, 0.717) is 5.65 Å². The van der Waals surface area contributed by atoms with Gasteiger partial charge in [0.1, 0.15) is 5.65 Å². The Kier molecular flexibility index (Phi) is 3.15. The third-order valence-corrected chi connectivity index (χ3v) is 4.97. The van der Waals surface area contributed by atoms with Gasteiger partial charge in [0.15, 0.2) is 10.8 Å². The number of sulfonamides is 1. The van der Waals surface area contributed by atoms with Crippen molar-refractivity contribution in [1.82, 2.24) is 23.9 Å². The molecular formula is C12H14N6O2S. The maximum Gasteiger partial charge on any atom is 0.262 e. The predicted octanol–water partition coefficient (Wildman–Crippen LogP) is 0.460. The number of pyridine rings is 1. The highest BCUT2D eigenvalue weighted by Gasteiger charge is 2.28. The van der Waals surface area contributed by atoms with Crippen LogP contribution < -0.4 is 5.73 Å². The molecule has 0 aliphatic rings. The first-order valence-corrected chi connectivity index (χ1v) is 7.60. The van der Waals surface area contributed by atoms with Gasteiger partial charge in [-0.15, -0.1) is 0 Å². The van der Waals surface area contributed by atoms with E-state index in [4.69, 9.17) is 5.73 Å². The van der Waals surface area contributed by atoms with Crippen molar-refractivity contribution in [2.45, 2.75) is 11.6 Å². The van der Waals surface area contributed by atoms with Crippen molar-refractivity contribution >= 4 is 21.5 Å². The van der Waals surface area contributed by atoms with Crippen molar-refractivity contribution < 1.29 is 8.42 Å². The van der Waals surface area contributed by atoms with E-state index in [1.807, 2.05) is 0 Å². The van der Waals surface area contributed by atoms with Crippen molar-refractivity contribution in [1.29, 1.82) is 0 Å². The average Bonchev–Trinajstić information content (AvgIpc) is 3.04. The van der Waals surface area contributed by atoms with E-state index in [1.54, 1.807) is 36.8 Å². The Hall–Kier alpha value is -2.39. The summed E-state index contributed by atoms with van der Waals surface area (Å²) in [6.07, 6.45) is 4.84. The van der Waals surface area contributed by atoms with Gasteiger partial charge < -0.3 is 5.73 Å². The lowest BCUT2D eigenvalue weighted by Gasteiger charge is -2.16. The Balaban J connectivity index is 2.06. The topological polar surface area (TPSA) is 109 Å². The van der Waals surface area contributed by atoms with Crippen LogP contribution in [0.3, 0.4) is 0 Å². The molecule has 0 bridgehead atoms. The summed E-state index contributed by atoms with van der Waals surface area (Å²) in [7, 11) is -2.27. The van der Waals surface area contributed by atoms with E-state index in [9.17, 15) is 8.42 Å². The van der Waals surface area contributed by atoms with Gasteiger partial charge in [0.2, 0.25) is 0 Å². The zero-order valence-corrected chi connectivity index (χ0v) is 12.1. The number of nitrogen functional groups attached to an aromatic ring is 1. The standard InChI is InChI=1S/C12H14N6O2S/c1-17(8-9-6-14-15-7-9)21(19,20)12-11(13)16-10-4-2-3-5-18(10)12/h2-7H,8,13H2,1H3,(H,14,15). The molecule has 0 atom stereocenters. The quantitative estimate of drug-likeness (QED) is 0.727. The number of hydrogen-bond acceptors (Lipinski definition) is 5. The second-order valence-corrected chi connectivity index (χ2v) is 6.56. The van der Waals surface area contributed by atoms with Crippen molar-refractivity contribution in [3.8, 4) is 0 Å². The summed E-state index contributed by atoms with van der Waals surface area (Å²) in [6.45, 7) is 0.193. The van der Waals surface area contributed by atoms with Crippen molar-refractivity contribution in [2.24, 2.45) is 0 Å². The fraction of sp³-hybridized carbons (Fsp3) is 0.167. The van der Waals surface area contributed by atoms with E-state index in [2.05, 4.69) is 15.2 Å². The number of nitrogens with zero attached hydrogens (tertiary/aromatic N) is 4. The molecule has 9 heteroatoms. The van der Waals surface area contributed by atoms with E-state index >= 15 is 0 Å². The normalized spacial score (nSPS) is 12.3. The van der Waals surface area contributed by atoms with Crippen LogP contribution in [0.25, 0.3) is 5.65 Å². The minimum absolute atomic E-state index is 0.0137. The molecule has 3 aromatic rings. The minimum atomic E-state index is -3.76. The molecular weight excluding hydrogens is 292 g/mol. The molecule has 0 aliphatic carbocycles. The summed E-state index contributed by atoms with van der Waals surface area (Å²) >= 11 is 0. The first kappa shape index (κ1) is 13.6. The number of anilines is 1. The van der Waals surface area contributed by atoms with Crippen LogP contribution in [0.4, 0.5) is 5.82 Å². The fourth-order valence-electron chi connectivity index (χ4n) is 2.10. The molecule has 0 aromatic carbocycles. The summed E-state index contributed by atoms with van der Waals surface area (Å²) in [5.41, 5.74) is 7.04. The molecule has 0 fully saturated rings. The number of aromatic amines is 1. The molecule has 8 nitrogen and oxygen atoms in total. The minimum Gasteiger partial charge on any atom is -0.381 e. The summed E-state index contributed by atoms with van der Waals surface area (Å²) in [4.78, 5) is 4.08. The number of aromatic nitrogens is 4. The zero-order chi connectivity index (χ0) is 15.0. The largest absolute Gasteiger partial charge is 0.381 e. The van der Waals surface area contributed by atoms with Gasteiger partial charge in [0, 0.05) is 31.5 Å². The highest BCUT2D eigenvalue weighted by molar-refractivity contribution is 7.89. The summed E-state index contributed by atoms with van der Waals surface area (Å²) in [5, 5.41) is 6.42. The molecule has 0 unspecified atom stereocenters. The van der Waals surface area contributed by atoms with Gasteiger partial charge in [-0.05, 0) is 12.1 Å². The van der Waals surface area contributed by atoms with Gasteiger partial charge in [0.25, 0.3) is 10.0 Å². The second-order valence-electron chi connectivity index (χ2n) is 4.60. The Labute approximate surface area is 121 Å². The molecule has 3 N–H and O–H groups in total. The number of hydrogen-bond donors (Lipinski definition) is 2. The number of imidazole rings is 1. The third kappa shape index (κ3) is 2.26. The SMILES string of the molecule is CN(Cc1cn[nH]c1)S(=O)(=O)c1c(N)nc2ccccn12. The lowest BCUT2D eigenvalue weighted by molar-refractivity contribution is 0.463. The predicted molar refractivity (Wildman–Crippen MR) is 76.8 cm³/mol. The van der Waals surface area contributed by atoms with Crippen molar-refractivity contribution in [3.63, 3.8) is 0 Å². The van der Waals surface area contributed by atoms with E-state index in [-0.39, 0.29) is 17.4 Å². The highest BCUT2D eigenvalue weighted by atomic mass is 32.2. The molecule has 0 radical (unpaired) electrons. The van der Waals surface area contributed by atoms with Gasteiger partial charge in [-0.2, -0.15) is 9.40 Å². The summed E-state index contributed by atoms with van der Waals surface area (Å²) in [6, 6.07) is 5.20. The maximum atomic E-state index is 12.7. The Morgan fingerprint density at radius 3 is 2.95 bits per heavy atom. The van der Waals surface area contributed by atoms with Crippen LogP contribution in [0.1, 0.15) is 5.56 Å². The van der Waals surface area contributed by atoms with Gasteiger partial charge in [-0.1, -0.05) is 6.07 Å². The third-order valence-electron chi connectivity index (χ3n) is 3.13. The summed E-state index contributed by atoms with van der Waals surface area (Å²) in [5.74, 6) is -0.0137. The monoisotopic (exact) mass is 306 g/mol. The number of rotatable bonds is 4. The first-order chi connectivity index (χ1) is 10.00. The van der Waals surface area contributed by atoms with E-state index in [0.717, 1.165) is 5.56 Å². The van der Waals surface area contributed by atoms with Crippen LogP contribution in [0.15, 0.2) is 41.8 Å². The molecule has 21 heavy (non-hydrogen) atoms. The van der Waals surface area contributed by atoms with Gasteiger partial charge in [0.05, 0.1) is 6.20 Å². The maximum absolute atomic E-state index is 12.7. The van der Waals surface area contributed by atoms with Crippen LogP contribution in [-0.4, -0.2) is 39.4 Å². The molecule has 3 aromatic heterocycles. The average molecular weight is 306 g/mol. The van der Waals surface area contributed by atoms with E-state index < -0.39 is 10.0 Å². The zero-order valence-electron chi connectivity index (χ0n) is 11.3. The number of fused-ring (bicyclic) bond motifs is 1. The summed E-state index contributed by atoms with van der Waals surface area (Å²) < 4.78 is 28.1. The molecule has 3 rings (SSSR count). The molecule has 0 saturated heterocycles. The van der Waals surface area contributed by atoms with E-state index in [1.165, 1.54) is 15.8 Å². The van der Waals surface area contributed by atoms with Crippen LogP contribution in [0, 0.1) is 0 Å².